The average Bonchev–Trinajstić information content (AvgIpc) is 2.46. The Balaban J connectivity index is 0.000000956. The van der Waals surface area contributed by atoms with E-state index in [1.807, 2.05) is 26.0 Å². The molecule has 2 aromatic carbocycles. The Morgan fingerprint density at radius 1 is 0.900 bits per heavy atom. The maximum Gasteiger partial charge on any atom is 0.115 e. The Kier molecular flexibility index (Phi) is 6.30. The third-order valence-corrected chi connectivity index (χ3v) is 3.58. The van der Waals surface area contributed by atoms with E-state index in [0.29, 0.717) is 11.7 Å². The highest BCUT2D eigenvalue weighted by Crippen LogP contribution is 2.23. The summed E-state index contributed by atoms with van der Waals surface area (Å²) in [6.45, 7) is 10.5. The zero-order valence-corrected chi connectivity index (χ0v) is 13.3. The molecule has 0 aliphatic carbocycles. The summed E-state index contributed by atoms with van der Waals surface area (Å²) < 4.78 is 0. The molecular weight excluding hydrogens is 244 g/mol. The summed E-state index contributed by atoms with van der Waals surface area (Å²) in [7, 11) is 0. The largest absolute Gasteiger partial charge is 0.508 e. The number of rotatable bonds is 3. The van der Waals surface area contributed by atoms with Gasteiger partial charge in [-0.2, -0.15) is 0 Å². The number of phenolic OH excluding ortho intramolecular Hbond substituents is 1. The highest BCUT2D eigenvalue weighted by Gasteiger charge is 2.07. The van der Waals surface area contributed by atoms with Crippen LogP contribution in [-0.4, -0.2) is 5.11 Å². The lowest BCUT2D eigenvalue weighted by Crippen LogP contribution is -1.99. The topological polar surface area (TPSA) is 20.2 Å². The van der Waals surface area contributed by atoms with E-state index in [9.17, 15) is 5.11 Å². The van der Waals surface area contributed by atoms with Crippen LogP contribution in [0.15, 0.2) is 42.5 Å². The first-order valence-corrected chi connectivity index (χ1v) is 7.41. The molecule has 0 radical (unpaired) electrons. The van der Waals surface area contributed by atoms with E-state index in [1.165, 1.54) is 22.3 Å². The smallest absolute Gasteiger partial charge is 0.115 e. The van der Waals surface area contributed by atoms with Gasteiger partial charge in [0.05, 0.1) is 0 Å². The van der Waals surface area contributed by atoms with E-state index >= 15 is 0 Å². The van der Waals surface area contributed by atoms with Crippen LogP contribution in [0.5, 0.6) is 5.75 Å². The van der Waals surface area contributed by atoms with Crippen LogP contribution in [-0.2, 0) is 6.42 Å². The van der Waals surface area contributed by atoms with E-state index in [1.54, 1.807) is 12.1 Å². The van der Waals surface area contributed by atoms with Gasteiger partial charge < -0.3 is 5.11 Å². The number of benzene rings is 2. The molecule has 0 spiro atoms. The van der Waals surface area contributed by atoms with Gasteiger partial charge in [-0.15, -0.1) is 0 Å². The van der Waals surface area contributed by atoms with Gasteiger partial charge in [-0.25, -0.2) is 0 Å². The second kappa shape index (κ2) is 7.74. The summed E-state index contributed by atoms with van der Waals surface area (Å²) in [6.07, 6.45) is 1.03. The molecular formula is C19H26O. The highest BCUT2D eigenvalue weighted by atomic mass is 16.3. The van der Waals surface area contributed by atoms with Crippen molar-refractivity contribution in [3.8, 4) is 5.75 Å². The number of aryl methyl sites for hydroxylation is 2. The quantitative estimate of drug-likeness (QED) is 0.793. The van der Waals surface area contributed by atoms with Crippen molar-refractivity contribution < 1.29 is 5.11 Å². The molecule has 0 fully saturated rings. The van der Waals surface area contributed by atoms with Gasteiger partial charge in [0.1, 0.15) is 5.75 Å². The number of hydrogen-bond donors (Lipinski definition) is 1. The average molecular weight is 270 g/mol. The Labute approximate surface area is 123 Å². The normalized spacial score (nSPS) is 11.4. The monoisotopic (exact) mass is 270 g/mol. The summed E-state index contributed by atoms with van der Waals surface area (Å²) in [5, 5.41) is 9.30. The maximum absolute atomic E-state index is 9.30. The third kappa shape index (κ3) is 4.41. The molecule has 2 rings (SSSR count). The van der Waals surface area contributed by atoms with Crippen molar-refractivity contribution in [1.82, 2.24) is 0 Å². The molecule has 1 atom stereocenters. The molecule has 0 bridgehead atoms. The first-order chi connectivity index (χ1) is 9.56. The van der Waals surface area contributed by atoms with Gasteiger partial charge in [0.25, 0.3) is 0 Å². The van der Waals surface area contributed by atoms with E-state index < -0.39 is 0 Å². The molecule has 108 valence electrons. The molecule has 0 aliphatic rings. The van der Waals surface area contributed by atoms with Crippen molar-refractivity contribution in [1.29, 1.82) is 0 Å². The fourth-order valence-corrected chi connectivity index (χ4v) is 2.20. The predicted octanol–water partition coefficient (Wildman–Crippen LogP) is 5.38. The molecule has 0 amide bonds. The van der Waals surface area contributed by atoms with Crippen LogP contribution in [0.3, 0.4) is 0 Å². The van der Waals surface area contributed by atoms with E-state index in [-0.39, 0.29) is 0 Å². The molecule has 2 aromatic rings. The van der Waals surface area contributed by atoms with Crippen molar-refractivity contribution in [2.24, 2.45) is 0 Å². The van der Waals surface area contributed by atoms with Crippen molar-refractivity contribution in [2.45, 2.75) is 47.0 Å². The minimum absolute atomic E-state index is 0.331. The lowest BCUT2D eigenvalue weighted by molar-refractivity contribution is 0.475. The van der Waals surface area contributed by atoms with Crippen molar-refractivity contribution >= 4 is 0 Å². The van der Waals surface area contributed by atoms with Crippen LogP contribution < -0.4 is 0 Å². The Bertz CT molecular complexity index is 526. The van der Waals surface area contributed by atoms with Gasteiger partial charge in [0.2, 0.25) is 0 Å². The van der Waals surface area contributed by atoms with Gasteiger partial charge in [0, 0.05) is 0 Å². The third-order valence-electron chi connectivity index (χ3n) is 3.58. The van der Waals surface area contributed by atoms with Gasteiger partial charge >= 0.3 is 0 Å². The summed E-state index contributed by atoms with van der Waals surface area (Å²) >= 11 is 0. The van der Waals surface area contributed by atoms with Crippen molar-refractivity contribution in [3.63, 3.8) is 0 Å². The van der Waals surface area contributed by atoms with Crippen LogP contribution in [0.4, 0.5) is 0 Å². The molecule has 20 heavy (non-hydrogen) atoms. The fraction of sp³-hybridized carbons (Fsp3) is 0.368. The second-order valence-electron chi connectivity index (χ2n) is 5.12. The van der Waals surface area contributed by atoms with Crippen molar-refractivity contribution in [3.05, 3.63) is 64.7 Å². The van der Waals surface area contributed by atoms with E-state index in [2.05, 4.69) is 39.0 Å². The summed E-state index contributed by atoms with van der Waals surface area (Å²) in [5.41, 5.74) is 5.34. The standard InChI is InChI=1S/C17H20O.C2H6/c1-12-4-5-15(10-13(12)2)11-14(3)16-6-8-17(18)9-7-16;1-2/h4-10,14,18H,11H2,1-3H3;1-2H3. The predicted molar refractivity (Wildman–Crippen MR) is 87.5 cm³/mol. The SMILES string of the molecule is CC.Cc1ccc(CC(C)c2ccc(O)cc2)cc1C. The first kappa shape index (κ1) is 16.3. The minimum Gasteiger partial charge on any atom is -0.508 e. The van der Waals surface area contributed by atoms with Gasteiger partial charge in [-0.05, 0) is 60.6 Å². The molecule has 0 aromatic heterocycles. The molecule has 0 aliphatic heterocycles. The number of phenols is 1. The lowest BCUT2D eigenvalue weighted by Gasteiger charge is -2.13. The Morgan fingerprint density at radius 2 is 1.50 bits per heavy atom. The maximum atomic E-state index is 9.30. The molecule has 0 heterocycles. The summed E-state index contributed by atoms with van der Waals surface area (Å²) in [6, 6.07) is 14.2. The zero-order valence-electron chi connectivity index (χ0n) is 13.3. The molecule has 1 N–H and O–H groups in total. The van der Waals surface area contributed by atoms with Gasteiger partial charge in [0.15, 0.2) is 0 Å². The molecule has 1 nitrogen and oxygen atoms in total. The lowest BCUT2D eigenvalue weighted by atomic mass is 9.92. The minimum atomic E-state index is 0.331. The summed E-state index contributed by atoms with van der Waals surface area (Å²) in [5.74, 6) is 0.796. The number of aromatic hydroxyl groups is 1. The molecule has 1 unspecified atom stereocenters. The fourth-order valence-electron chi connectivity index (χ4n) is 2.20. The van der Waals surface area contributed by atoms with Crippen molar-refractivity contribution in [2.75, 3.05) is 0 Å². The molecule has 0 saturated carbocycles. The highest BCUT2D eigenvalue weighted by molar-refractivity contribution is 5.33. The van der Waals surface area contributed by atoms with E-state index in [4.69, 9.17) is 0 Å². The van der Waals surface area contributed by atoms with Crippen LogP contribution in [0, 0.1) is 13.8 Å². The Morgan fingerprint density at radius 3 is 2.05 bits per heavy atom. The van der Waals surface area contributed by atoms with Crippen LogP contribution in [0.1, 0.15) is 48.9 Å². The number of hydrogen-bond acceptors (Lipinski definition) is 1. The van der Waals surface area contributed by atoms with Gasteiger partial charge in [-0.1, -0.05) is 51.1 Å². The molecule has 0 saturated heterocycles. The summed E-state index contributed by atoms with van der Waals surface area (Å²) in [4.78, 5) is 0. The first-order valence-electron chi connectivity index (χ1n) is 7.41. The Hall–Kier alpha value is -1.76. The van der Waals surface area contributed by atoms with Gasteiger partial charge in [-0.3, -0.25) is 0 Å². The van der Waals surface area contributed by atoms with Crippen LogP contribution in [0.25, 0.3) is 0 Å². The van der Waals surface area contributed by atoms with E-state index in [0.717, 1.165) is 6.42 Å². The van der Waals surface area contributed by atoms with Crippen LogP contribution in [0.2, 0.25) is 0 Å². The second-order valence-corrected chi connectivity index (χ2v) is 5.12. The van der Waals surface area contributed by atoms with Crippen LogP contribution >= 0.6 is 0 Å². The zero-order chi connectivity index (χ0) is 15.1. The molecule has 1 heteroatoms.